The van der Waals surface area contributed by atoms with Crippen LogP contribution in [0.4, 0.5) is 5.95 Å². The predicted molar refractivity (Wildman–Crippen MR) is 129 cm³/mol. The lowest BCUT2D eigenvalue weighted by Gasteiger charge is -2.35. The van der Waals surface area contributed by atoms with Gasteiger partial charge in [0.25, 0.3) is 5.91 Å². The van der Waals surface area contributed by atoms with E-state index in [1.165, 1.54) is 0 Å². The molecular formula is C24H27ClN6O2. The number of piperazine rings is 1. The third-order valence-corrected chi connectivity index (χ3v) is 5.75. The first-order valence-electron chi connectivity index (χ1n) is 10.9. The molecule has 8 nitrogen and oxygen atoms in total. The van der Waals surface area contributed by atoms with Crippen molar-refractivity contribution in [3.8, 4) is 17.0 Å². The van der Waals surface area contributed by atoms with Crippen LogP contribution < -0.4 is 15.0 Å². The Hall–Kier alpha value is -3.23. The molecule has 1 aromatic carbocycles. The summed E-state index contributed by atoms with van der Waals surface area (Å²) in [5, 5.41) is 3.34. The Morgan fingerprint density at radius 1 is 1.12 bits per heavy atom. The molecule has 1 N–H and O–H groups in total. The highest BCUT2D eigenvalue weighted by molar-refractivity contribution is 6.30. The standard InChI is InChI=1S/C24H27ClN6O2/c1-17(16-30-10-12-31(13-11-30)24-26-8-5-9-27-24)28-23(32)18-14-20(29-22(25)15-18)19-6-3-4-7-21(19)33-2/h3-9,14-15,17H,10-13,16H2,1-2H3,(H,28,32). The number of ether oxygens (including phenoxy) is 1. The summed E-state index contributed by atoms with van der Waals surface area (Å²) in [4.78, 5) is 30.5. The van der Waals surface area contributed by atoms with Crippen molar-refractivity contribution < 1.29 is 9.53 Å². The second kappa shape index (κ2) is 10.6. The quantitative estimate of drug-likeness (QED) is 0.535. The molecule has 9 heteroatoms. The van der Waals surface area contributed by atoms with Crippen molar-refractivity contribution >= 4 is 23.5 Å². The lowest BCUT2D eigenvalue weighted by molar-refractivity contribution is 0.0928. The largest absolute Gasteiger partial charge is 0.496 e. The number of nitrogens with one attached hydrogen (secondary N) is 1. The average molecular weight is 467 g/mol. The Morgan fingerprint density at radius 2 is 1.85 bits per heavy atom. The highest BCUT2D eigenvalue weighted by atomic mass is 35.5. The maximum absolute atomic E-state index is 13.0. The van der Waals surface area contributed by atoms with Gasteiger partial charge in [-0.2, -0.15) is 0 Å². The van der Waals surface area contributed by atoms with E-state index in [-0.39, 0.29) is 17.1 Å². The molecule has 3 aromatic rings. The van der Waals surface area contributed by atoms with E-state index < -0.39 is 0 Å². The first-order valence-corrected chi connectivity index (χ1v) is 11.3. The molecule has 3 heterocycles. The Labute approximate surface area is 198 Å². The summed E-state index contributed by atoms with van der Waals surface area (Å²) in [7, 11) is 1.60. The molecule has 1 aliphatic rings. The third-order valence-electron chi connectivity index (χ3n) is 5.56. The Kier molecular flexibility index (Phi) is 7.36. The van der Waals surface area contributed by atoms with Crippen LogP contribution in [0.1, 0.15) is 17.3 Å². The van der Waals surface area contributed by atoms with Crippen molar-refractivity contribution in [2.45, 2.75) is 13.0 Å². The van der Waals surface area contributed by atoms with Crippen molar-refractivity contribution in [2.75, 3.05) is 44.7 Å². The van der Waals surface area contributed by atoms with Gasteiger partial charge in [-0.15, -0.1) is 0 Å². The number of hydrogen-bond donors (Lipinski definition) is 1. The van der Waals surface area contributed by atoms with E-state index in [1.807, 2.05) is 37.3 Å². The Bertz CT molecular complexity index is 1090. The molecule has 0 saturated carbocycles. The number of nitrogens with zero attached hydrogens (tertiary/aromatic N) is 5. The van der Waals surface area contributed by atoms with Crippen LogP contribution in [0.3, 0.4) is 0 Å². The van der Waals surface area contributed by atoms with Gasteiger partial charge in [0.2, 0.25) is 5.95 Å². The van der Waals surface area contributed by atoms with E-state index in [9.17, 15) is 4.79 Å². The number of benzene rings is 1. The molecule has 33 heavy (non-hydrogen) atoms. The highest BCUT2D eigenvalue weighted by Crippen LogP contribution is 2.29. The lowest BCUT2D eigenvalue weighted by Crippen LogP contribution is -2.51. The molecule has 4 rings (SSSR count). The van der Waals surface area contributed by atoms with Crippen LogP contribution in [-0.4, -0.2) is 71.6 Å². The molecule has 172 valence electrons. The van der Waals surface area contributed by atoms with Gasteiger partial charge in [-0.1, -0.05) is 23.7 Å². The fourth-order valence-electron chi connectivity index (χ4n) is 3.95. The topological polar surface area (TPSA) is 83.5 Å². The average Bonchev–Trinajstić information content (AvgIpc) is 2.84. The molecule has 0 radical (unpaired) electrons. The molecule has 1 aliphatic heterocycles. The summed E-state index contributed by atoms with van der Waals surface area (Å²) in [6.07, 6.45) is 3.52. The van der Waals surface area contributed by atoms with Gasteiger partial charge in [0, 0.05) is 62.3 Å². The number of aromatic nitrogens is 3. The van der Waals surface area contributed by atoms with Gasteiger partial charge in [-0.05, 0) is 37.3 Å². The van der Waals surface area contributed by atoms with Crippen LogP contribution in [0.25, 0.3) is 11.3 Å². The number of hydrogen-bond acceptors (Lipinski definition) is 7. The molecule has 1 fully saturated rings. The number of amides is 1. The first-order chi connectivity index (χ1) is 16.0. The van der Waals surface area contributed by atoms with E-state index in [4.69, 9.17) is 16.3 Å². The number of para-hydroxylation sites is 1. The third kappa shape index (κ3) is 5.77. The lowest BCUT2D eigenvalue weighted by atomic mass is 10.1. The normalized spacial score (nSPS) is 15.2. The van der Waals surface area contributed by atoms with Gasteiger partial charge >= 0.3 is 0 Å². The second-order valence-corrected chi connectivity index (χ2v) is 8.36. The summed E-state index contributed by atoms with van der Waals surface area (Å²) in [6.45, 7) is 6.25. The van der Waals surface area contributed by atoms with Gasteiger partial charge in [0.15, 0.2) is 0 Å². The highest BCUT2D eigenvalue weighted by Gasteiger charge is 2.21. The van der Waals surface area contributed by atoms with Crippen LogP contribution in [0.2, 0.25) is 5.15 Å². The summed E-state index contributed by atoms with van der Waals surface area (Å²) < 4.78 is 5.42. The van der Waals surface area contributed by atoms with Gasteiger partial charge in [0.1, 0.15) is 10.9 Å². The summed E-state index contributed by atoms with van der Waals surface area (Å²) in [5.74, 6) is 1.25. The van der Waals surface area contributed by atoms with Crippen molar-refractivity contribution in [2.24, 2.45) is 0 Å². The van der Waals surface area contributed by atoms with Crippen LogP contribution >= 0.6 is 11.6 Å². The minimum absolute atomic E-state index is 0.0290. The molecule has 1 saturated heterocycles. The smallest absolute Gasteiger partial charge is 0.251 e. The van der Waals surface area contributed by atoms with E-state index in [0.29, 0.717) is 17.0 Å². The number of anilines is 1. The minimum atomic E-state index is -0.181. The maximum Gasteiger partial charge on any atom is 0.251 e. The van der Waals surface area contributed by atoms with Crippen LogP contribution in [-0.2, 0) is 0 Å². The predicted octanol–water partition coefficient (Wildman–Crippen LogP) is 3.14. The SMILES string of the molecule is COc1ccccc1-c1cc(C(=O)NC(C)CN2CCN(c3ncccn3)CC2)cc(Cl)n1. The van der Waals surface area contributed by atoms with E-state index in [0.717, 1.165) is 44.2 Å². The van der Waals surface area contributed by atoms with E-state index in [2.05, 4.69) is 30.1 Å². The number of carbonyl (C=O) groups excluding carboxylic acids is 1. The number of halogens is 1. The molecule has 0 aliphatic carbocycles. The summed E-state index contributed by atoms with van der Waals surface area (Å²) in [5.41, 5.74) is 1.84. The number of carbonyl (C=O) groups is 1. The Balaban J connectivity index is 1.36. The summed E-state index contributed by atoms with van der Waals surface area (Å²) >= 11 is 6.24. The number of rotatable bonds is 7. The molecular weight excluding hydrogens is 440 g/mol. The number of methoxy groups -OCH3 is 1. The van der Waals surface area contributed by atoms with Crippen molar-refractivity contribution in [1.29, 1.82) is 0 Å². The molecule has 1 unspecified atom stereocenters. The van der Waals surface area contributed by atoms with Gasteiger partial charge in [-0.3, -0.25) is 9.69 Å². The zero-order valence-corrected chi connectivity index (χ0v) is 19.5. The first kappa shape index (κ1) is 22.9. The summed E-state index contributed by atoms with van der Waals surface area (Å²) in [6, 6.07) is 12.6. The zero-order chi connectivity index (χ0) is 23.2. The van der Waals surface area contributed by atoms with Crippen LogP contribution in [0.5, 0.6) is 5.75 Å². The van der Waals surface area contributed by atoms with Crippen molar-refractivity contribution in [1.82, 2.24) is 25.2 Å². The minimum Gasteiger partial charge on any atom is -0.496 e. The molecule has 2 aromatic heterocycles. The second-order valence-electron chi connectivity index (χ2n) is 7.98. The fourth-order valence-corrected chi connectivity index (χ4v) is 4.16. The van der Waals surface area contributed by atoms with E-state index >= 15 is 0 Å². The Morgan fingerprint density at radius 3 is 2.58 bits per heavy atom. The fraction of sp³-hybridized carbons (Fsp3) is 0.333. The van der Waals surface area contributed by atoms with Gasteiger partial charge in [-0.25, -0.2) is 15.0 Å². The van der Waals surface area contributed by atoms with Gasteiger partial charge in [0.05, 0.1) is 12.8 Å². The van der Waals surface area contributed by atoms with Crippen LogP contribution in [0.15, 0.2) is 54.9 Å². The molecule has 1 amide bonds. The van der Waals surface area contributed by atoms with Crippen molar-refractivity contribution in [3.05, 3.63) is 65.6 Å². The zero-order valence-electron chi connectivity index (χ0n) is 18.7. The van der Waals surface area contributed by atoms with E-state index in [1.54, 1.807) is 31.6 Å². The van der Waals surface area contributed by atoms with Crippen LogP contribution in [0, 0.1) is 0 Å². The molecule has 1 atom stereocenters. The monoisotopic (exact) mass is 466 g/mol. The molecule has 0 bridgehead atoms. The maximum atomic E-state index is 13.0. The van der Waals surface area contributed by atoms with Crippen molar-refractivity contribution in [3.63, 3.8) is 0 Å². The molecule has 0 spiro atoms. The van der Waals surface area contributed by atoms with Gasteiger partial charge < -0.3 is 15.0 Å². The number of pyridine rings is 1.